The van der Waals surface area contributed by atoms with Gasteiger partial charge < -0.3 is 10.0 Å². The molecule has 0 bridgehead atoms. The molecule has 0 atom stereocenters. The summed E-state index contributed by atoms with van der Waals surface area (Å²) in [5.41, 5.74) is 2.07. The van der Waals surface area contributed by atoms with Gasteiger partial charge in [0.15, 0.2) is 0 Å². The van der Waals surface area contributed by atoms with E-state index in [4.69, 9.17) is 0 Å². The van der Waals surface area contributed by atoms with Crippen LogP contribution < -0.4 is 4.90 Å². The van der Waals surface area contributed by atoms with Crippen molar-refractivity contribution in [1.29, 1.82) is 0 Å². The van der Waals surface area contributed by atoms with Crippen molar-refractivity contribution in [2.24, 2.45) is 0 Å². The minimum atomic E-state index is 0.367. The second-order valence-electron chi connectivity index (χ2n) is 6.13. The summed E-state index contributed by atoms with van der Waals surface area (Å²) in [6.07, 6.45) is 2.05. The quantitative estimate of drug-likeness (QED) is 0.942. The third-order valence-corrected chi connectivity index (χ3v) is 4.17. The third kappa shape index (κ3) is 3.25. The van der Waals surface area contributed by atoms with E-state index in [1.807, 2.05) is 22.9 Å². The minimum Gasteiger partial charge on any atom is -0.506 e. The van der Waals surface area contributed by atoms with Crippen molar-refractivity contribution < 1.29 is 5.11 Å². The Balaban J connectivity index is 1.56. The summed E-state index contributed by atoms with van der Waals surface area (Å²) in [7, 11) is 0. The molecule has 1 N–H and O–H groups in total. The van der Waals surface area contributed by atoms with Crippen LogP contribution >= 0.6 is 0 Å². The van der Waals surface area contributed by atoms with Gasteiger partial charge in [-0.2, -0.15) is 5.10 Å². The molecule has 22 heavy (non-hydrogen) atoms. The molecule has 1 aliphatic heterocycles. The number of anilines is 1. The first kappa shape index (κ1) is 14.9. The van der Waals surface area contributed by atoms with Crippen LogP contribution in [0.15, 0.2) is 36.5 Å². The molecule has 1 aromatic heterocycles. The molecular weight excluding hydrogens is 276 g/mol. The van der Waals surface area contributed by atoms with Gasteiger partial charge in [0, 0.05) is 45.0 Å². The average Bonchev–Trinajstić information content (AvgIpc) is 2.98. The van der Waals surface area contributed by atoms with Crippen molar-refractivity contribution in [3.8, 4) is 5.75 Å². The fourth-order valence-electron chi connectivity index (χ4n) is 2.86. The van der Waals surface area contributed by atoms with E-state index in [9.17, 15) is 5.11 Å². The Morgan fingerprint density at radius 3 is 2.45 bits per heavy atom. The Morgan fingerprint density at radius 2 is 1.82 bits per heavy atom. The summed E-state index contributed by atoms with van der Waals surface area (Å²) in [4.78, 5) is 4.67. The standard InChI is InChI=1S/C17H24N4O/c1-14(2)21-8-7-15(18-21)13-19-9-11-20(12-10-19)16-5-3-4-6-17(16)22/h3-8,14,22H,9-13H2,1-2H3. The zero-order valence-electron chi connectivity index (χ0n) is 13.3. The molecule has 5 heteroatoms. The van der Waals surface area contributed by atoms with Crippen molar-refractivity contribution in [2.45, 2.75) is 26.4 Å². The normalized spacial score (nSPS) is 16.4. The maximum Gasteiger partial charge on any atom is 0.138 e. The summed E-state index contributed by atoms with van der Waals surface area (Å²) in [6, 6.07) is 10.1. The van der Waals surface area contributed by atoms with Gasteiger partial charge >= 0.3 is 0 Å². The Bertz CT molecular complexity index is 615. The van der Waals surface area contributed by atoms with E-state index in [0.717, 1.165) is 44.1 Å². The highest BCUT2D eigenvalue weighted by atomic mass is 16.3. The van der Waals surface area contributed by atoms with E-state index in [0.29, 0.717) is 11.8 Å². The number of rotatable bonds is 4. The summed E-state index contributed by atoms with van der Waals surface area (Å²) < 4.78 is 2.01. The molecule has 0 unspecified atom stereocenters. The highest BCUT2D eigenvalue weighted by Crippen LogP contribution is 2.27. The molecule has 0 spiro atoms. The molecule has 0 aliphatic carbocycles. The highest BCUT2D eigenvalue weighted by Gasteiger charge is 2.19. The van der Waals surface area contributed by atoms with E-state index < -0.39 is 0 Å². The van der Waals surface area contributed by atoms with Gasteiger partial charge in [0.2, 0.25) is 0 Å². The molecule has 0 radical (unpaired) electrons. The van der Waals surface area contributed by atoms with Gasteiger partial charge in [-0.1, -0.05) is 12.1 Å². The number of hydrogen-bond donors (Lipinski definition) is 1. The number of aromatic nitrogens is 2. The van der Waals surface area contributed by atoms with Crippen LogP contribution in [-0.4, -0.2) is 46.0 Å². The van der Waals surface area contributed by atoms with Crippen LogP contribution in [0.2, 0.25) is 0 Å². The fraction of sp³-hybridized carbons (Fsp3) is 0.471. The molecule has 2 aromatic rings. The number of phenolic OH excluding ortho intramolecular Hbond substituents is 1. The zero-order chi connectivity index (χ0) is 15.5. The number of phenols is 1. The average molecular weight is 300 g/mol. The van der Waals surface area contributed by atoms with Crippen LogP contribution in [0.4, 0.5) is 5.69 Å². The molecule has 1 saturated heterocycles. The smallest absolute Gasteiger partial charge is 0.138 e. The summed E-state index contributed by atoms with van der Waals surface area (Å²) in [5.74, 6) is 0.367. The molecule has 1 fully saturated rings. The molecule has 0 amide bonds. The Labute approximate surface area is 131 Å². The van der Waals surface area contributed by atoms with Crippen LogP contribution in [0.25, 0.3) is 0 Å². The summed E-state index contributed by atoms with van der Waals surface area (Å²) >= 11 is 0. The maximum atomic E-state index is 9.95. The number of piperazine rings is 1. The first-order valence-corrected chi connectivity index (χ1v) is 7.93. The van der Waals surface area contributed by atoms with Crippen molar-refractivity contribution in [2.75, 3.05) is 31.1 Å². The second kappa shape index (κ2) is 6.40. The molecule has 3 rings (SSSR count). The van der Waals surface area contributed by atoms with E-state index in [1.165, 1.54) is 0 Å². The van der Waals surface area contributed by atoms with Gasteiger partial charge in [0.25, 0.3) is 0 Å². The lowest BCUT2D eigenvalue weighted by atomic mass is 10.2. The lowest BCUT2D eigenvalue weighted by molar-refractivity contribution is 0.245. The summed E-state index contributed by atoms with van der Waals surface area (Å²) in [6.45, 7) is 9.02. The van der Waals surface area contributed by atoms with Crippen molar-refractivity contribution >= 4 is 5.69 Å². The van der Waals surface area contributed by atoms with Crippen LogP contribution in [0.1, 0.15) is 25.6 Å². The number of benzene rings is 1. The lowest BCUT2D eigenvalue weighted by Crippen LogP contribution is -2.46. The topological polar surface area (TPSA) is 44.5 Å². The van der Waals surface area contributed by atoms with Gasteiger partial charge in [0.05, 0.1) is 11.4 Å². The maximum absolute atomic E-state index is 9.95. The fourth-order valence-corrected chi connectivity index (χ4v) is 2.86. The molecule has 5 nitrogen and oxygen atoms in total. The van der Waals surface area contributed by atoms with Crippen LogP contribution in [0.5, 0.6) is 5.75 Å². The molecular formula is C17H24N4O. The Hall–Kier alpha value is -2.01. The molecule has 0 saturated carbocycles. The van der Waals surface area contributed by atoms with Crippen molar-refractivity contribution in [3.63, 3.8) is 0 Å². The third-order valence-electron chi connectivity index (χ3n) is 4.17. The largest absolute Gasteiger partial charge is 0.506 e. The zero-order valence-corrected chi connectivity index (χ0v) is 13.3. The predicted octanol–water partition coefficient (Wildman–Crippen LogP) is 2.49. The first-order valence-electron chi connectivity index (χ1n) is 7.93. The van der Waals surface area contributed by atoms with E-state index in [-0.39, 0.29) is 0 Å². The SMILES string of the molecule is CC(C)n1ccc(CN2CCN(c3ccccc3O)CC2)n1. The highest BCUT2D eigenvalue weighted by molar-refractivity contribution is 5.57. The predicted molar refractivity (Wildman–Crippen MR) is 88.2 cm³/mol. The van der Waals surface area contributed by atoms with Crippen LogP contribution in [0.3, 0.4) is 0 Å². The van der Waals surface area contributed by atoms with E-state index in [2.05, 4.69) is 41.0 Å². The molecule has 1 aromatic carbocycles. The van der Waals surface area contributed by atoms with Crippen molar-refractivity contribution in [3.05, 3.63) is 42.2 Å². The van der Waals surface area contributed by atoms with Gasteiger partial charge in [-0.15, -0.1) is 0 Å². The van der Waals surface area contributed by atoms with Crippen molar-refractivity contribution in [1.82, 2.24) is 14.7 Å². The first-order chi connectivity index (χ1) is 10.6. The number of para-hydroxylation sites is 2. The number of hydrogen-bond acceptors (Lipinski definition) is 4. The Kier molecular flexibility index (Phi) is 4.34. The number of nitrogens with zero attached hydrogens (tertiary/aromatic N) is 4. The van der Waals surface area contributed by atoms with Crippen LogP contribution in [0, 0.1) is 0 Å². The molecule has 1 aliphatic rings. The Morgan fingerprint density at radius 1 is 1.09 bits per heavy atom. The summed E-state index contributed by atoms with van der Waals surface area (Å²) in [5, 5.41) is 14.6. The minimum absolute atomic E-state index is 0.367. The van der Waals surface area contributed by atoms with Gasteiger partial charge in [-0.3, -0.25) is 9.58 Å². The number of aromatic hydroxyl groups is 1. The van der Waals surface area contributed by atoms with Gasteiger partial charge in [0.1, 0.15) is 5.75 Å². The molecule has 118 valence electrons. The van der Waals surface area contributed by atoms with Gasteiger partial charge in [-0.05, 0) is 32.0 Å². The van der Waals surface area contributed by atoms with Crippen LogP contribution in [-0.2, 0) is 6.54 Å². The van der Waals surface area contributed by atoms with E-state index in [1.54, 1.807) is 6.07 Å². The van der Waals surface area contributed by atoms with Gasteiger partial charge in [-0.25, -0.2) is 0 Å². The van der Waals surface area contributed by atoms with E-state index >= 15 is 0 Å². The lowest BCUT2D eigenvalue weighted by Gasteiger charge is -2.36. The second-order valence-corrected chi connectivity index (χ2v) is 6.13. The molecule has 2 heterocycles. The monoisotopic (exact) mass is 300 g/mol.